The van der Waals surface area contributed by atoms with Gasteiger partial charge >= 0.3 is 0 Å². The molecule has 0 aliphatic heterocycles. The van der Waals surface area contributed by atoms with Crippen molar-refractivity contribution in [2.24, 2.45) is 0 Å². The van der Waals surface area contributed by atoms with E-state index in [1.54, 1.807) is 11.3 Å². The summed E-state index contributed by atoms with van der Waals surface area (Å²) in [7, 11) is 0. The molecule has 10 rings (SSSR count). The van der Waals surface area contributed by atoms with Crippen LogP contribution in [-0.2, 0) is 0 Å². The molecule has 0 saturated carbocycles. The van der Waals surface area contributed by atoms with Crippen LogP contribution in [0.5, 0.6) is 0 Å². The first kappa shape index (κ1) is 27.0. The topological polar surface area (TPSA) is 51.8 Å². The first-order valence-corrected chi connectivity index (χ1v) is 16.8. The van der Waals surface area contributed by atoms with Gasteiger partial charge in [-0.05, 0) is 58.3 Å². The fourth-order valence-electron chi connectivity index (χ4n) is 6.87. The third kappa shape index (κ3) is 4.33. The molecule has 0 saturated heterocycles. The van der Waals surface area contributed by atoms with E-state index in [4.69, 9.17) is 19.4 Å². The van der Waals surface area contributed by atoms with Crippen LogP contribution in [0.4, 0.5) is 0 Å². The van der Waals surface area contributed by atoms with Crippen LogP contribution in [0.2, 0.25) is 0 Å². The van der Waals surface area contributed by atoms with Gasteiger partial charge in [0.15, 0.2) is 17.5 Å². The molecule has 224 valence electrons. The SMILES string of the molecule is c1ccc(-c2nc(-c3ccc4ccc(-c5cccc6oc7ccccc7c56)cc4c3)nc(-c3cccc4sc5ccccc5c34)n2)cc1. The lowest BCUT2D eigenvalue weighted by atomic mass is 9.96. The highest BCUT2D eigenvalue weighted by atomic mass is 32.1. The van der Waals surface area contributed by atoms with Gasteiger partial charge in [-0.25, -0.2) is 15.0 Å². The molecule has 0 bridgehead atoms. The third-order valence-electron chi connectivity index (χ3n) is 9.12. The van der Waals surface area contributed by atoms with E-state index in [1.165, 1.54) is 20.2 Å². The number of benzene rings is 7. The predicted octanol–water partition coefficient (Wildman–Crippen LogP) is 12.0. The minimum atomic E-state index is 0.644. The normalized spacial score (nSPS) is 11.8. The molecule has 0 unspecified atom stereocenters. The van der Waals surface area contributed by atoms with E-state index >= 15 is 0 Å². The van der Waals surface area contributed by atoms with Gasteiger partial charge in [0.1, 0.15) is 11.2 Å². The van der Waals surface area contributed by atoms with Crippen LogP contribution >= 0.6 is 11.3 Å². The zero-order valence-corrected chi connectivity index (χ0v) is 26.4. The largest absolute Gasteiger partial charge is 0.456 e. The second kappa shape index (κ2) is 10.7. The van der Waals surface area contributed by atoms with Crippen molar-refractivity contribution in [2.45, 2.75) is 0 Å². The van der Waals surface area contributed by atoms with E-state index in [0.717, 1.165) is 60.5 Å². The molecule has 0 fully saturated rings. The molecule has 3 heterocycles. The molecular formula is C43H25N3OS. The number of para-hydroxylation sites is 1. The molecule has 0 radical (unpaired) electrons. The van der Waals surface area contributed by atoms with E-state index in [9.17, 15) is 0 Å². The van der Waals surface area contributed by atoms with Gasteiger partial charge in [-0.2, -0.15) is 0 Å². The molecule has 48 heavy (non-hydrogen) atoms. The van der Waals surface area contributed by atoms with E-state index in [1.807, 2.05) is 36.4 Å². The van der Waals surface area contributed by atoms with Crippen molar-refractivity contribution in [3.8, 4) is 45.3 Å². The molecule has 0 N–H and O–H groups in total. The first-order chi connectivity index (χ1) is 23.8. The number of furan rings is 1. The predicted molar refractivity (Wildman–Crippen MR) is 199 cm³/mol. The Morgan fingerprint density at radius 1 is 0.396 bits per heavy atom. The number of nitrogens with zero attached hydrogens (tertiary/aromatic N) is 3. The van der Waals surface area contributed by atoms with Crippen molar-refractivity contribution in [3.05, 3.63) is 152 Å². The summed E-state index contributed by atoms with van der Waals surface area (Å²) in [6.07, 6.45) is 0. The Hall–Kier alpha value is -6.17. The Labute approximate surface area is 279 Å². The maximum Gasteiger partial charge on any atom is 0.164 e. The molecule has 0 spiro atoms. The first-order valence-electron chi connectivity index (χ1n) is 15.9. The fraction of sp³-hybridized carbons (Fsp3) is 0. The molecule has 0 aliphatic rings. The Kier molecular flexibility index (Phi) is 6.01. The third-order valence-corrected chi connectivity index (χ3v) is 10.3. The molecule has 3 aromatic heterocycles. The average molecular weight is 632 g/mol. The van der Waals surface area contributed by atoms with Gasteiger partial charge in [0.25, 0.3) is 0 Å². The van der Waals surface area contributed by atoms with Crippen molar-refractivity contribution in [2.75, 3.05) is 0 Å². The smallest absolute Gasteiger partial charge is 0.164 e. The summed E-state index contributed by atoms with van der Waals surface area (Å²) in [5.74, 6) is 1.96. The molecule has 0 atom stereocenters. The maximum absolute atomic E-state index is 6.20. The lowest BCUT2D eigenvalue weighted by molar-refractivity contribution is 0.669. The van der Waals surface area contributed by atoms with Crippen LogP contribution < -0.4 is 0 Å². The molecule has 5 heteroatoms. The lowest BCUT2D eigenvalue weighted by Crippen LogP contribution is -2.00. The van der Waals surface area contributed by atoms with Crippen LogP contribution in [0.15, 0.2) is 156 Å². The Balaban J connectivity index is 1.16. The zero-order valence-electron chi connectivity index (χ0n) is 25.6. The van der Waals surface area contributed by atoms with E-state index in [-0.39, 0.29) is 0 Å². The second-order valence-electron chi connectivity index (χ2n) is 12.0. The summed E-state index contributed by atoms with van der Waals surface area (Å²) in [6, 6.07) is 52.7. The summed E-state index contributed by atoms with van der Waals surface area (Å²) in [5, 5.41) is 6.92. The van der Waals surface area contributed by atoms with E-state index in [2.05, 4.69) is 115 Å². The van der Waals surface area contributed by atoms with Crippen molar-refractivity contribution in [1.82, 2.24) is 15.0 Å². The van der Waals surface area contributed by atoms with Gasteiger partial charge in [0.2, 0.25) is 0 Å². The lowest BCUT2D eigenvalue weighted by Gasteiger charge is -2.11. The van der Waals surface area contributed by atoms with Crippen LogP contribution in [0, 0.1) is 0 Å². The molecule has 10 aromatic rings. The summed E-state index contributed by atoms with van der Waals surface area (Å²) in [6.45, 7) is 0. The second-order valence-corrected chi connectivity index (χ2v) is 13.1. The Bertz CT molecular complexity index is 2850. The van der Waals surface area contributed by atoms with Gasteiger partial charge in [-0.15, -0.1) is 11.3 Å². The summed E-state index contributed by atoms with van der Waals surface area (Å²) in [5.41, 5.74) is 6.97. The van der Waals surface area contributed by atoms with Crippen molar-refractivity contribution in [3.63, 3.8) is 0 Å². The highest BCUT2D eigenvalue weighted by molar-refractivity contribution is 7.25. The van der Waals surface area contributed by atoms with Gasteiger partial charge in [-0.1, -0.05) is 115 Å². The van der Waals surface area contributed by atoms with Gasteiger partial charge in [0, 0.05) is 47.6 Å². The van der Waals surface area contributed by atoms with E-state index in [0.29, 0.717) is 17.5 Å². The highest BCUT2D eigenvalue weighted by Gasteiger charge is 2.18. The average Bonchev–Trinajstić information content (AvgIpc) is 3.73. The fourth-order valence-corrected chi connectivity index (χ4v) is 8.00. The van der Waals surface area contributed by atoms with Gasteiger partial charge in [-0.3, -0.25) is 0 Å². The summed E-state index contributed by atoms with van der Waals surface area (Å²) >= 11 is 1.80. The monoisotopic (exact) mass is 631 g/mol. The van der Waals surface area contributed by atoms with Crippen molar-refractivity contribution in [1.29, 1.82) is 0 Å². The number of rotatable bonds is 4. The molecule has 0 aliphatic carbocycles. The number of hydrogen-bond donors (Lipinski definition) is 0. The van der Waals surface area contributed by atoms with E-state index < -0.39 is 0 Å². The minimum absolute atomic E-state index is 0.644. The van der Waals surface area contributed by atoms with Crippen LogP contribution in [0.3, 0.4) is 0 Å². The van der Waals surface area contributed by atoms with Crippen molar-refractivity contribution >= 4 is 64.2 Å². The highest BCUT2D eigenvalue weighted by Crippen LogP contribution is 2.40. The quantitative estimate of drug-likeness (QED) is 0.194. The van der Waals surface area contributed by atoms with Crippen LogP contribution in [-0.4, -0.2) is 15.0 Å². The standard InChI is InChI=1S/C43H25N3OS/c1-2-10-27(11-3-1)41-44-42(46-43(45-41)34-15-9-19-38-40(34)33-13-5-7-18-37(33)48-38)29-23-21-26-20-22-28(24-30(26)25-29)31-14-8-17-36-39(31)32-12-4-6-16-35(32)47-36/h1-25H. The molecule has 0 amide bonds. The summed E-state index contributed by atoms with van der Waals surface area (Å²) < 4.78 is 8.67. The van der Waals surface area contributed by atoms with Gasteiger partial charge < -0.3 is 4.42 Å². The van der Waals surface area contributed by atoms with Crippen LogP contribution in [0.1, 0.15) is 0 Å². The van der Waals surface area contributed by atoms with Crippen molar-refractivity contribution < 1.29 is 4.42 Å². The van der Waals surface area contributed by atoms with Gasteiger partial charge in [0.05, 0.1) is 0 Å². The number of hydrogen-bond acceptors (Lipinski definition) is 5. The Morgan fingerprint density at radius 2 is 1.04 bits per heavy atom. The number of thiophene rings is 1. The zero-order chi connectivity index (χ0) is 31.6. The number of fused-ring (bicyclic) bond motifs is 7. The minimum Gasteiger partial charge on any atom is -0.456 e. The Morgan fingerprint density at radius 3 is 1.94 bits per heavy atom. The molecular weight excluding hydrogens is 607 g/mol. The number of aromatic nitrogens is 3. The molecule has 7 aromatic carbocycles. The maximum atomic E-state index is 6.20. The van der Waals surface area contributed by atoms with Crippen LogP contribution in [0.25, 0.3) is 98.2 Å². The molecule has 4 nitrogen and oxygen atoms in total. The summed E-state index contributed by atoms with van der Waals surface area (Å²) in [4.78, 5) is 15.3.